The third kappa shape index (κ3) is 35.1. The van der Waals surface area contributed by atoms with Gasteiger partial charge >= 0.3 is 19.8 Å². The molecule has 0 aliphatic rings. The molecule has 0 rings (SSSR count). The lowest BCUT2D eigenvalue weighted by molar-refractivity contribution is -0.161. The zero-order valence-electron chi connectivity index (χ0n) is 31.9. The van der Waals surface area contributed by atoms with E-state index in [9.17, 15) is 24.2 Å². The van der Waals surface area contributed by atoms with Crippen LogP contribution >= 0.6 is 7.82 Å². The first kappa shape index (κ1) is 48.7. The normalized spacial score (nSPS) is 14.1. The largest absolute Gasteiger partial charge is 0.472 e. The summed E-state index contributed by atoms with van der Waals surface area (Å²) in [5.41, 5.74) is 0. The molecule has 0 heterocycles. The summed E-state index contributed by atoms with van der Waals surface area (Å²) in [5, 5.41) is 18.3. The first-order valence-electron chi connectivity index (χ1n) is 20.1. The number of carbonyl (C=O) groups is 2. The molecule has 3 atom stereocenters. The van der Waals surface area contributed by atoms with Gasteiger partial charge in [0.25, 0.3) is 0 Å². The average molecular weight is 735 g/mol. The van der Waals surface area contributed by atoms with Gasteiger partial charge in [0.1, 0.15) is 12.7 Å². The van der Waals surface area contributed by atoms with E-state index in [-0.39, 0.29) is 19.4 Å². The van der Waals surface area contributed by atoms with Crippen molar-refractivity contribution in [1.82, 2.24) is 0 Å². The molecule has 11 heteroatoms. The lowest BCUT2D eigenvalue weighted by Crippen LogP contribution is -2.29. The van der Waals surface area contributed by atoms with Crippen LogP contribution in [0.2, 0.25) is 0 Å². The quantitative estimate of drug-likeness (QED) is 0.0242. The van der Waals surface area contributed by atoms with Gasteiger partial charge in [0.2, 0.25) is 0 Å². The van der Waals surface area contributed by atoms with E-state index in [0.717, 1.165) is 51.4 Å². The van der Waals surface area contributed by atoms with Crippen molar-refractivity contribution < 1.29 is 47.8 Å². The van der Waals surface area contributed by atoms with E-state index in [1.807, 2.05) is 0 Å². The third-order valence-electron chi connectivity index (χ3n) is 8.67. The Kier molecular flexibility index (Phi) is 35.2. The lowest BCUT2D eigenvalue weighted by Gasteiger charge is -2.20. The predicted octanol–water partition coefficient (Wildman–Crippen LogP) is 10.1. The summed E-state index contributed by atoms with van der Waals surface area (Å²) in [5.74, 6) is -0.928. The topological polar surface area (TPSA) is 149 Å². The molecule has 296 valence electrons. The lowest BCUT2D eigenvalue weighted by atomic mass is 10.0. The number of hydrogen-bond acceptors (Lipinski definition) is 9. The molecule has 0 saturated heterocycles. The highest BCUT2D eigenvalue weighted by Crippen LogP contribution is 2.43. The number of unbranched alkanes of at least 4 members (excludes halogenated alkanes) is 22. The molecule has 0 aromatic carbocycles. The van der Waals surface area contributed by atoms with Gasteiger partial charge in [-0.1, -0.05) is 148 Å². The molecule has 0 bridgehead atoms. The van der Waals surface area contributed by atoms with Crippen LogP contribution in [-0.2, 0) is 32.7 Å². The van der Waals surface area contributed by atoms with E-state index in [1.165, 1.54) is 96.3 Å². The maximum absolute atomic E-state index is 12.5. The molecule has 0 aromatic heterocycles. The molecule has 0 spiro atoms. The SMILES string of the molecule is CCCCCCCC/C=C\CCCCCCCC(=O)OC[C@H](COP(=O)(O)OC[C@@H](O)CO)OC(=O)CCCCCCCCCCCCCC. The number of allylic oxidation sites excluding steroid dienone is 2. The van der Waals surface area contributed by atoms with Crippen LogP contribution in [0.3, 0.4) is 0 Å². The summed E-state index contributed by atoms with van der Waals surface area (Å²) in [7, 11) is -4.61. The van der Waals surface area contributed by atoms with Crippen LogP contribution in [0.15, 0.2) is 12.2 Å². The molecule has 1 unspecified atom stereocenters. The van der Waals surface area contributed by atoms with Crippen LogP contribution in [0.4, 0.5) is 0 Å². The van der Waals surface area contributed by atoms with Gasteiger partial charge in [-0.2, -0.15) is 0 Å². The zero-order chi connectivity index (χ0) is 37.0. The van der Waals surface area contributed by atoms with E-state index in [1.54, 1.807) is 0 Å². The smallest absolute Gasteiger partial charge is 0.462 e. The van der Waals surface area contributed by atoms with Crippen LogP contribution in [0.1, 0.15) is 187 Å². The molecule has 0 fully saturated rings. The number of phosphoric ester groups is 1. The summed E-state index contributed by atoms with van der Waals surface area (Å²) in [6.07, 6.45) is 31.8. The first-order valence-corrected chi connectivity index (χ1v) is 21.6. The van der Waals surface area contributed by atoms with Crippen molar-refractivity contribution in [1.29, 1.82) is 0 Å². The Morgan fingerprint density at radius 1 is 0.580 bits per heavy atom. The highest BCUT2D eigenvalue weighted by atomic mass is 31.2. The number of rotatable bonds is 38. The highest BCUT2D eigenvalue weighted by molar-refractivity contribution is 7.47. The maximum atomic E-state index is 12.5. The fourth-order valence-electron chi connectivity index (χ4n) is 5.52. The monoisotopic (exact) mass is 735 g/mol. The molecular weight excluding hydrogens is 659 g/mol. The number of esters is 2. The van der Waals surface area contributed by atoms with Gasteiger partial charge in [-0.05, 0) is 38.5 Å². The standard InChI is InChI=1S/C39H75O10P/c1-3-5-7-9-11-13-15-17-18-19-21-22-24-26-28-30-38(42)46-34-37(35-48-50(44,45)47-33-36(41)32-40)49-39(43)31-29-27-25-23-20-16-14-12-10-8-6-4-2/h17-18,36-37,40-41H,3-16,19-35H2,1-2H3,(H,44,45)/b18-17-/t36-,37+/m0/s1. The summed E-state index contributed by atoms with van der Waals surface area (Å²) in [6, 6.07) is 0. The molecule has 3 N–H and O–H groups in total. The summed E-state index contributed by atoms with van der Waals surface area (Å²) >= 11 is 0. The summed E-state index contributed by atoms with van der Waals surface area (Å²) in [4.78, 5) is 34.8. The number of aliphatic hydroxyl groups excluding tert-OH is 2. The Labute approximate surface area is 305 Å². The van der Waals surface area contributed by atoms with Crippen LogP contribution in [0.25, 0.3) is 0 Å². The minimum absolute atomic E-state index is 0.187. The number of phosphoric acid groups is 1. The first-order chi connectivity index (χ1) is 24.2. The molecular formula is C39H75O10P. The van der Waals surface area contributed by atoms with Crippen molar-refractivity contribution >= 4 is 19.8 Å². The zero-order valence-corrected chi connectivity index (χ0v) is 32.8. The fourth-order valence-corrected chi connectivity index (χ4v) is 6.31. The number of ether oxygens (including phenoxy) is 2. The second-order valence-corrected chi connectivity index (χ2v) is 15.1. The van der Waals surface area contributed by atoms with Crippen molar-refractivity contribution in [2.24, 2.45) is 0 Å². The molecule has 50 heavy (non-hydrogen) atoms. The Bertz CT molecular complexity index is 853. The molecule has 10 nitrogen and oxygen atoms in total. The third-order valence-corrected chi connectivity index (χ3v) is 9.62. The van der Waals surface area contributed by atoms with Crippen molar-refractivity contribution in [3.63, 3.8) is 0 Å². The van der Waals surface area contributed by atoms with E-state index in [4.69, 9.17) is 19.1 Å². The average Bonchev–Trinajstić information content (AvgIpc) is 3.10. The fraction of sp³-hybridized carbons (Fsp3) is 0.897. The van der Waals surface area contributed by atoms with Crippen molar-refractivity contribution in [3.8, 4) is 0 Å². The van der Waals surface area contributed by atoms with Gasteiger partial charge in [0, 0.05) is 12.8 Å². The number of carbonyl (C=O) groups excluding carboxylic acids is 2. The molecule has 0 aliphatic carbocycles. The van der Waals surface area contributed by atoms with Crippen molar-refractivity contribution in [2.75, 3.05) is 26.4 Å². The van der Waals surface area contributed by atoms with E-state index >= 15 is 0 Å². The summed E-state index contributed by atoms with van der Waals surface area (Å²) < 4.78 is 32.6. The van der Waals surface area contributed by atoms with Gasteiger partial charge in [-0.25, -0.2) is 4.57 Å². The molecule has 0 saturated carbocycles. The van der Waals surface area contributed by atoms with Crippen LogP contribution in [0.5, 0.6) is 0 Å². The molecule has 0 radical (unpaired) electrons. The van der Waals surface area contributed by atoms with E-state index in [0.29, 0.717) is 12.8 Å². The van der Waals surface area contributed by atoms with E-state index in [2.05, 4.69) is 30.5 Å². The van der Waals surface area contributed by atoms with Gasteiger partial charge in [-0.15, -0.1) is 0 Å². The van der Waals surface area contributed by atoms with E-state index < -0.39 is 51.8 Å². The Morgan fingerprint density at radius 3 is 1.44 bits per heavy atom. The second kappa shape index (κ2) is 36.1. The van der Waals surface area contributed by atoms with Gasteiger partial charge in [-0.3, -0.25) is 18.6 Å². The number of hydrogen-bond donors (Lipinski definition) is 3. The predicted molar refractivity (Wildman–Crippen MR) is 201 cm³/mol. The molecule has 0 amide bonds. The minimum Gasteiger partial charge on any atom is -0.462 e. The second-order valence-electron chi connectivity index (χ2n) is 13.7. The summed E-state index contributed by atoms with van der Waals surface area (Å²) in [6.45, 7) is 2.36. The van der Waals surface area contributed by atoms with Gasteiger partial charge < -0.3 is 24.6 Å². The Hall–Kier alpha value is -1.29. The highest BCUT2D eigenvalue weighted by Gasteiger charge is 2.27. The molecule has 0 aliphatic heterocycles. The maximum Gasteiger partial charge on any atom is 0.472 e. The van der Waals surface area contributed by atoms with Gasteiger partial charge in [0.05, 0.1) is 19.8 Å². The minimum atomic E-state index is -4.61. The molecule has 0 aromatic rings. The van der Waals surface area contributed by atoms with Gasteiger partial charge in [0.15, 0.2) is 6.10 Å². The number of aliphatic hydroxyl groups is 2. The van der Waals surface area contributed by atoms with Crippen LogP contribution in [-0.4, -0.2) is 65.7 Å². The van der Waals surface area contributed by atoms with Crippen molar-refractivity contribution in [2.45, 2.75) is 199 Å². The van der Waals surface area contributed by atoms with Crippen LogP contribution < -0.4 is 0 Å². The Morgan fingerprint density at radius 2 is 0.980 bits per heavy atom. The van der Waals surface area contributed by atoms with Crippen molar-refractivity contribution in [3.05, 3.63) is 12.2 Å². The Balaban J connectivity index is 4.32. The van der Waals surface area contributed by atoms with Crippen LogP contribution in [0, 0.1) is 0 Å².